The molecule has 63 heavy (non-hydrogen) atoms. The van der Waals surface area contributed by atoms with Crippen molar-refractivity contribution in [3.05, 3.63) is 187 Å². The van der Waals surface area contributed by atoms with Crippen LogP contribution in [0, 0.1) is 130 Å². The van der Waals surface area contributed by atoms with Crippen LogP contribution in [0.5, 0.6) is 0 Å². The Morgan fingerprint density at radius 2 is 0.730 bits per heavy atom. The molecule has 0 spiro atoms. The molecule has 16 heteroatoms. The van der Waals surface area contributed by atoms with Crippen molar-refractivity contribution < 1.29 is 61.5 Å². The van der Waals surface area contributed by atoms with Gasteiger partial charge in [-0.3, -0.25) is 0 Å². The quantitative estimate of drug-likeness (QED) is 0.0446. The smallest absolute Gasteiger partial charge is 0.200 e. The molecule has 0 heterocycles. The van der Waals surface area contributed by atoms with Gasteiger partial charge in [-0.1, -0.05) is 65.7 Å². The van der Waals surface area contributed by atoms with E-state index in [4.69, 9.17) is 0 Å². The van der Waals surface area contributed by atoms with E-state index in [0.717, 1.165) is 11.1 Å². The monoisotopic (exact) mass is 908 g/mol. The molecular formula is C47H36BF14P. The van der Waals surface area contributed by atoms with Crippen molar-refractivity contribution >= 4 is 45.7 Å². The van der Waals surface area contributed by atoms with E-state index in [1.165, 1.54) is 30.3 Å². The zero-order valence-electron chi connectivity index (χ0n) is 34.8. The lowest BCUT2D eigenvalue weighted by Gasteiger charge is -2.44. The van der Waals surface area contributed by atoms with Gasteiger partial charge in [0, 0.05) is 5.56 Å². The lowest BCUT2D eigenvalue weighted by molar-refractivity contribution is 0.381. The molecule has 6 rings (SSSR count). The van der Waals surface area contributed by atoms with Crippen molar-refractivity contribution in [3.8, 4) is 0 Å². The first-order valence-corrected chi connectivity index (χ1v) is 21.3. The summed E-state index contributed by atoms with van der Waals surface area (Å²) in [6, 6.07) is 14.0. The molecule has 0 radical (unpaired) electrons. The van der Waals surface area contributed by atoms with Gasteiger partial charge in [-0.2, -0.15) is 11.4 Å². The van der Waals surface area contributed by atoms with Gasteiger partial charge in [0.1, 0.15) is 53.1 Å². The van der Waals surface area contributed by atoms with Crippen LogP contribution < -0.4 is 27.0 Å². The maximum absolute atomic E-state index is 17.1. The Kier molecular flexibility index (Phi) is 12.7. The number of rotatable bonds is 9. The van der Waals surface area contributed by atoms with E-state index in [1.54, 1.807) is 72.7 Å². The van der Waals surface area contributed by atoms with Crippen molar-refractivity contribution in [2.24, 2.45) is 0 Å². The molecule has 0 saturated heterocycles. The Balaban J connectivity index is 2.17. The zero-order chi connectivity index (χ0) is 46.9. The Bertz CT molecular complexity index is 2550. The number of aryl methyl sites for hydroxylation is 6. The van der Waals surface area contributed by atoms with Gasteiger partial charge in [-0.25, -0.2) is 61.5 Å². The van der Waals surface area contributed by atoms with Gasteiger partial charge in [0.2, 0.25) is 0 Å². The lowest BCUT2D eigenvalue weighted by atomic mass is 9.14. The Morgan fingerprint density at radius 3 is 1.06 bits per heavy atom. The van der Waals surface area contributed by atoms with E-state index >= 15 is 52.7 Å². The van der Waals surface area contributed by atoms with Crippen molar-refractivity contribution in [3.63, 3.8) is 0 Å². The highest BCUT2D eigenvalue weighted by Crippen LogP contribution is 2.69. The minimum atomic E-state index is -5.68. The molecule has 0 bridgehead atoms. The molecule has 0 aliphatic heterocycles. The summed E-state index contributed by atoms with van der Waals surface area (Å²) in [5, 5.41) is 0.565. The first-order chi connectivity index (χ1) is 29.4. The Hall–Kier alpha value is -5.43. The molecule has 0 aliphatic carbocycles. The molecule has 6 aromatic carbocycles. The van der Waals surface area contributed by atoms with Crippen LogP contribution in [0.1, 0.15) is 51.4 Å². The van der Waals surface area contributed by atoms with Gasteiger partial charge in [-0.15, -0.1) is 10.9 Å². The first kappa shape index (κ1) is 47.1. The van der Waals surface area contributed by atoms with Gasteiger partial charge in [-0.05, 0) is 83.2 Å². The highest BCUT2D eigenvalue weighted by Gasteiger charge is 2.53. The van der Waals surface area contributed by atoms with Gasteiger partial charge in [0.15, 0.2) is 52.4 Å². The summed E-state index contributed by atoms with van der Waals surface area (Å²) in [7, 11) is -3.87. The Morgan fingerprint density at radius 1 is 0.429 bits per heavy atom. The van der Waals surface area contributed by atoms with E-state index in [-0.39, 0.29) is 17.0 Å². The summed E-state index contributed by atoms with van der Waals surface area (Å²) in [5.74, 6) is -39.2. The summed E-state index contributed by atoms with van der Waals surface area (Å²) >= 11 is 0. The van der Waals surface area contributed by atoms with E-state index in [2.05, 4.69) is 0 Å². The van der Waals surface area contributed by atoms with Crippen molar-refractivity contribution in [2.75, 3.05) is 6.16 Å². The highest BCUT2D eigenvalue weighted by molar-refractivity contribution is 7.98. The number of benzene rings is 6. The fraction of sp³-hybridized carbons (Fsp3) is 0.191. The summed E-state index contributed by atoms with van der Waals surface area (Å²) in [5.41, 5.74) is -5.00. The molecule has 0 nitrogen and oxygen atoms in total. The van der Waals surface area contributed by atoms with Gasteiger partial charge >= 0.3 is 0 Å². The molecule has 0 fully saturated rings. The molecule has 0 N–H and O–H groups in total. The molecule has 6 aromatic rings. The van der Waals surface area contributed by atoms with Crippen LogP contribution in [0.25, 0.3) is 5.31 Å². The van der Waals surface area contributed by atoms with Crippen LogP contribution >= 0.6 is 7.26 Å². The third-order valence-electron chi connectivity index (χ3n) is 11.8. The van der Waals surface area contributed by atoms with E-state index < -0.39 is 117 Å². The second-order valence-corrected chi connectivity index (χ2v) is 19.4. The van der Waals surface area contributed by atoms with Crippen molar-refractivity contribution in [1.82, 2.24) is 0 Å². The van der Waals surface area contributed by atoms with Crippen LogP contribution in [0.4, 0.5) is 61.5 Å². The number of hydrogen-bond acceptors (Lipinski definition) is 0. The molecule has 0 amide bonds. The number of hydrogen-bond donors (Lipinski definition) is 0. The van der Waals surface area contributed by atoms with Crippen LogP contribution in [0.15, 0.2) is 60.6 Å². The maximum atomic E-state index is 17.1. The van der Waals surface area contributed by atoms with E-state index in [0.29, 0.717) is 45.8 Å². The predicted molar refractivity (Wildman–Crippen MR) is 221 cm³/mol. The fourth-order valence-corrected chi connectivity index (χ4v) is 15.1. The first-order valence-electron chi connectivity index (χ1n) is 19.3. The van der Waals surface area contributed by atoms with Gasteiger partial charge in [0.05, 0.1) is 11.5 Å². The zero-order valence-corrected chi connectivity index (χ0v) is 35.7. The second-order valence-electron chi connectivity index (χ2n) is 15.7. The predicted octanol–water partition coefficient (Wildman–Crippen LogP) is 11.5. The summed E-state index contributed by atoms with van der Waals surface area (Å²) < 4.78 is 225. The molecule has 0 aromatic heterocycles. The second kappa shape index (κ2) is 16.9. The molecule has 0 unspecified atom stereocenters. The largest absolute Gasteiger partial charge is 0.207 e. The van der Waals surface area contributed by atoms with Crippen LogP contribution in [0.3, 0.4) is 0 Å². The van der Waals surface area contributed by atoms with E-state index in [1.807, 2.05) is 0 Å². The van der Waals surface area contributed by atoms with Gasteiger partial charge < -0.3 is 0 Å². The average molecular weight is 909 g/mol. The molecular weight excluding hydrogens is 872 g/mol. The standard InChI is InChI=1S/C47H36BF14P/c1-9-63(46-22(4)15-20(2)16-23(46)5,47-24(6)17-21(3)18-25(47)7)28(27-13-11-10-12-14-27)19-48(29-26(8)32(49)38(55)39(56)33(29)50,30-34(51)40(57)44(61)41(58)35(30)52)31-36(53)42(59)45(62)43(60)37(31)54/h10-19H,9H2,1-8H3/b28-19+. The maximum Gasteiger partial charge on any atom is 0.200 e. The van der Waals surface area contributed by atoms with Crippen LogP contribution in [-0.2, 0) is 0 Å². The molecule has 0 aliphatic rings. The molecule has 0 atom stereocenters. The van der Waals surface area contributed by atoms with Crippen molar-refractivity contribution in [1.29, 1.82) is 0 Å². The SMILES string of the molecule is CC[P+](/C(=C/[B-](c1c(C)c(F)c(F)c(F)c1F)(c1c(F)c(F)c(F)c(F)c1F)c1c(F)c(F)c(F)c(F)c1F)c1ccccc1)(c1c(C)cc(C)cc1C)c1c(C)cc(C)cc1C. The van der Waals surface area contributed by atoms with Crippen LogP contribution in [-0.4, -0.2) is 12.3 Å². The van der Waals surface area contributed by atoms with Crippen molar-refractivity contribution in [2.45, 2.75) is 55.4 Å². The normalized spacial score (nSPS) is 12.4. The van der Waals surface area contributed by atoms with E-state index in [9.17, 15) is 8.78 Å². The fourth-order valence-electron chi connectivity index (χ4n) is 9.70. The minimum absolute atomic E-state index is 0.0634. The number of halogens is 14. The third kappa shape index (κ3) is 7.05. The molecule has 0 saturated carbocycles. The minimum Gasteiger partial charge on any atom is -0.207 e. The summed E-state index contributed by atoms with van der Waals surface area (Å²) in [6.45, 7) is 12.3. The summed E-state index contributed by atoms with van der Waals surface area (Å²) in [4.78, 5) is 0. The highest BCUT2D eigenvalue weighted by atomic mass is 31.2. The summed E-state index contributed by atoms with van der Waals surface area (Å²) in [6.07, 6.45) is -5.77. The van der Waals surface area contributed by atoms with Crippen LogP contribution in [0.2, 0.25) is 0 Å². The van der Waals surface area contributed by atoms with Gasteiger partial charge in [0.25, 0.3) is 0 Å². The average Bonchev–Trinajstić information content (AvgIpc) is 3.23. The third-order valence-corrected chi connectivity index (χ3v) is 16.9. The molecule has 330 valence electrons. The topological polar surface area (TPSA) is 0 Å². The lowest BCUT2D eigenvalue weighted by Crippen LogP contribution is -2.72. The Labute approximate surface area is 354 Å².